The van der Waals surface area contributed by atoms with Crippen molar-refractivity contribution in [1.82, 2.24) is 4.90 Å². The van der Waals surface area contributed by atoms with Crippen LogP contribution in [0.3, 0.4) is 0 Å². The van der Waals surface area contributed by atoms with Crippen molar-refractivity contribution in [3.63, 3.8) is 0 Å². The minimum Gasteiger partial charge on any atom is -0.337 e. The standard InChI is InChI=1S/C9H13N3OS/c10-7-1-3-12(6-7)9(13)8-5-11-2-4-14-8/h2,5,7H,1,3-4,6,10H2. The van der Waals surface area contributed by atoms with Crippen molar-refractivity contribution in [2.45, 2.75) is 12.5 Å². The van der Waals surface area contributed by atoms with Crippen LogP contribution in [0.15, 0.2) is 16.1 Å². The molecule has 0 aromatic rings. The zero-order valence-electron chi connectivity index (χ0n) is 7.85. The molecule has 2 aliphatic rings. The summed E-state index contributed by atoms with van der Waals surface area (Å²) in [6.07, 6.45) is 4.35. The van der Waals surface area contributed by atoms with Gasteiger partial charge in [0.2, 0.25) is 0 Å². The first-order chi connectivity index (χ1) is 6.77. The summed E-state index contributed by atoms with van der Waals surface area (Å²) < 4.78 is 0. The van der Waals surface area contributed by atoms with Crippen LogP contribution in [0, 0.1) is 0 Å². The molecule has 1 amide bonds. The Bertz CT molecular complexity index is 300. The van der Waals surface area contributed by atoms with E-state index in [0.717, 1.165) is 23.6 Å². The van der Waals surface area contributed by atoms with Crippen LogP contribution in [0.2, 0.25) is 0 Å². The van der Waals surface area contributed by atoms with Crippen molar-refractivity contribution >= 4 is 23.9 Å². The predicted octanol–water partition coefficient (Wildman–Crippen LogP) is 0.205. The molecule has 76 valence electrons. The average molecular weight is 211 g/mol. The number of thioether (sulfide) groups is 1. The van der Waals surface area contributed by atoms with Gasteiger partial charge in [-0.15, -0.1) is 11.8 Å². The van der Waals surface area contributed by atoms with Gasteiger partial charge in [-0.25, -0.2) is 0 Å². The second-order valence-corrected chi connectivity index (χ2v) is 4.50. The van der Waals surface area contributed by atoms with E-state index in [9.17, 15) is 4.79 Å². The molecule has 2 N–H and O–H groups in total. The van der Waals surface area contributed by atoms with Crippen molar-refractivity contribution in [2.24, 2.45) is 10.7 Å². The van der Waals surface area contributed by atoms with Crippen molar-refractivity contribution in [1.29, 1.82) is 0 Å². The van der Waals surface area contributed by atoms with E-state index in [2.05, 4.69) is 4.99 Å². The Balaban J connectivity index is 2.01. The van der Waals surface area contributed by atoms with Crippen LogP contribution in [0.5, 0.6) is 0 Å². The number of hydrogen-bond donors (Lipinski definition) is 1. The van der Waals surface area contributed by atoms with Gasteiger partial charge in [0.25, 0.3) is 5.91 Å². The molecule has 0 radical (unpaired) electrons. The first kappa shape index (κ1) is 9.73. The Morgan fingerprint density at radius 2 is 2.57 bits per heavy atom. The molecule has 0 bridgehead atoms. The maximum atomic E-state index is 11.9. The number of nitrogens with two attached hydrogens (primary N) is 1. The van der Waals surface area contributed by atoms with Gasteiger partial charge in [0.15, 0.2) is 0 Å². The molecule has 14 heavy (non-hydrogen) atoms. The summed E-state index contributed by atoms with van der Waals surface area (Å²) in [5.41, 5.74) is 5.74. The zero-order valence-corrected chi connectivity index (χ0v) is 8.67. The van der Waals surface area contributed by atoms with Gasteiger partial charge in [-0.3, -0.25) is 9.79 Å². The molecule has 1 unspecified atom stereocenters. The number of carbonyl (C=O) groups excluding carboxylic acids is 1. The van der Waals surface area contributed by atoms with E-state index in [0.29, 0.717) is 6.54 Å². The van der Waals surface area contributed by atoms with Gasteiger partial charge in [0.1, 0.15) is 0 Å². The van der Waals surface area contributed by atoms with Crippen molar-refractivity contribution in [2.75, 3.05) is 18.8 Å². The first-order valence-corrected chi connectivity index (χ1v) is 5.65. The molecule has 2 rings (SSSR count). The Morgan fingerprint density at radius 1 is 1.71 bits per heavy atom. The summed E-state index contributed by atoms with van der Waals surface area (Å²) in [5.74, 6) is 0.872. The second kappa shape index (κ2) is 4.14. The number of rotatable bonds is 1. The number of hydrogen-bond acceptors (Lipinski definition) is 4. The third-order valence-corrected chi connectivity index (χ3v) is 3.24. The maximum absolute atomic E-state index is 11.9. The quantitative estimate of drug-likeness (QED) is 0.674. The Morgan fingerprint density at radius 3 is 3.14 bits per heavy atom. The molecule has 4 nitrogen and oxygen atoms in total. The van der Waals surface area contributed by atoms with Gasteiger partial charge < -0.3 is 10.6 Å². The van der Waals surface area contributed by atoms with Crippen LogP contribution < -0.4 is 5.73 Å². The minimum absolute atomic E-state index is 0.0831. The van der Waals surface area contributed by atoms with Gasteiger partial charge in [-0.1, -0.05) is 0 Å². The third kappa shape index (κ3) is 1.99. The van der Waals surface area contributed by atoms with Crippen molar-refractivity contribution < 1.29 is 4.79 Å². The predicted molar refractivity (Wildman–Crippen MR) is 58.2 cm³/mol. The Hall–Kier alpha value is -0.810. The fourth-order valence-corrected chi connectivity index (χ4v) is 2.30. The van der Waals surface area contributed by atoms with E-state index >= 15 is 0 Å². The topological polar surface area (TPSA) is 58.7 Å². The second-order valence-electron chi connectivity index (χ2n) is 3.44. The van der Waals surface area contributed by atoms with Crippen molar-refractivity contribution in [3.8, 4) is 0 Å². The summed E-state index contributed by atoms with van der Waals surface area (Å²) in [5, 5.41) is 0. The monoisotopic (exact) mass is 211 g/mol. The largest absolute Gasteiger partial charge is 0.337 e. The fourth-order valence-electron chi connectivity index (χ4n) is 1.57. The molecule has 0 aliphatic carbocycles. The van der Waals surface area contributed by atoms with Gasteiger partial charge in [-0.05, 0) is 6.42 Å². The highest BCUT2D eigenvalue weighted by atomic mass is 32.2. The lowest BCUT2D eigenvalue weighted by Crippen LogP contribution is -2.32. The highest BCUT2D eigenvalue weighted by Gasteiger charge is 2.26. The summed E-state index contributed by atoms with van der Waals surface area (Å²) in [7, 11) is 0. The lowest BCUT2D eigenvalue weighted by molar-refractivity contribution is -0.125. The minimum atomic E-state index is 0.0831. The Labute approximate surface area is 87.2 Å². The number of likely N-dealkylation sites (tertiary alicyclic amines) is 1. The number of aliphatic imine (C=N–C) groups is 1. The molecule has 0 saturated carbocycles. The van der Waals surface area contributed by atoms with Gasteiger partial charge >= 0.3 is 0 Å². The lowest BCUT2D eigenvalue weighted by Gasteiger charge is -2.17. The lowest BCUT2D eigenvalue weighted by atomic mass is 10.3. The molecule has 2 aliphatic heterocycles. The fraction of sp³-hybridized carbons (Fsp3) is 0.556. The van der Waals surface area contributed by atoms with Crippen LogP contribution >= 0.6 is 11.8 Å². The van der Waals surface area contributed by atoms with Crippen LogP contribution in [0.1, 0.15) is 6.42 Å². The molecular weight excluding hydrogens is 198 g/mol. The molecule has 1 fully saturated rings. The van der Waals surface area contributed by atoms with E-state index < -0.39 is 0 Å². The third-order valence-electron chi connectivity index (χ3n) is 2.33. The van der Waals surface area contributed by atoms with Crippen LogP contribution in [0.25, 0.3) is 0 Å². The van der Waals surface area contributed by atoms with E-state index in [4.69, 9.17) is 5.73 Å². The SMILES string of the molecule is NC1CCN(C(=O)C2=CN=CCS2)C1. The molecule has 1 atom stereocenters. The summed E-state index contributed by atoms with van der Waals surface area (Å²) in [6.45, 7) is 1.46. The molecule has 0 spiro atoms. The zero-order chi connectivity index (χ0) is 9.97. The highest BCUT2D eigenvalue weighted by molar-refractivity contribution is 8.04. The molecular formula is C9H13N3OS. The van der Waals surface area contributed by atoms with Crippen LogP contribution in [0.4, 0.5) is 0 Å². The van der Waals surface area contributed by atoms with Gasteiger partial charge in [0.05, 0.1) is 4.91 Å². The summed E-state index contributed by atoms with van der Waals surface area (Å²) >= 11 is 1.54. The Kier molecular flexibility index (Phi) is 2.88. The normalized spacial score (nSPS) is 26.5. The van der Waals surface area contributed by atoms with Gasteiger partial charge in [-0.2, -0.15) is 0 Å². The summed E-state index contributed by atoms with van der Waals surface area (Å²) in [4.78, 5) is 18.4. The van der Waals surface area contributed by atoms with Gasteiger partial charge in [0, 0.05) is 37.3 Å². The molecule has 2 heterocycles. The highest BCUT2D eigenvalue weighted by Crippen LogP contribution is 2.22. The number of nitrogens with zero attached hydrogens (tertiary/aromatic N) is 2. The van der Waals surface area contributed by atoms with E-state index in [-0.39, 0.29) is 11.9 Å². The molecule has 0 aromatic heterocycles. The molecule has 1 saturated heterocycles. The molecule has 5 heteroatoms. The summed E-state index contributed by atoms with van der Waals surface area (Å²) in [6, 6.07) is 0.150. The van der Waals surface area contributed by atoms with Crippen LogP contribution in [-0.4, -0.2) is 41.9 Å². The molecule has 0 aromatic carbocycles. The number of carbonyl (C=O) groups is 1. The average Bonchev–Trinajstić information content (AvgIpc) is 2.65. The van der Waals surface area contributed by atoms with E-state index in [1.807, 2.05) is 4.90 Å². The first-order valence-electron chi connectivity index (χ1n) is 4.67. The van der Waals surface area contributed by atoms with E-state index in [1.54, 1.807) is 12.4 Å². The maximum Gasteiger partial charge on any atom is 0.261 e. The van der Waals surface area contributed by atoms with Crippen LogP contribution in [-0.2, 0) is 4.79 Å². The van der Waals surface area contributed by atoms with E-state index in [1.165, 1.54) is 11.8 Å². The van der Waals surface area contributed by atoms with Crippen molar-refractivity contribution in [3.05, 3.63) is 11.1 Å². The smallest absolute Gasteiger partial charge is 0.261 e. The number of amides is 1.